The molecule has 3 rings (SSSR count). The van der Waals surface area contributed by atoms with E-state index in [0.29, 0.717) is 11.4 Å². The number of aromatic nitrogens is 1. The molecule has 2 fully saturated rings. The summed E-state index contributed by atoms with van der Waals surface area (Å²) in [4.78, 5) is 17.8. The van der Waals surface area contributed by atoms with E-state index in [9.17, 15) is 9.90 Å². The van der Waals surface area contributed by atoms with Gasteiger partial charge in [-0.15, -0.1) is 5.54 Å². The van der Waals surface area contributed by atoms with Crippen molar-refractivity contribution >= 4 is 22.0 Å². The van der Waals surface area contributed by atoms with Crippen molar-refractivity contribution < 1.29 is 14.6 Å². The molecule has 0 atom stereocenters. The highest BCUT2D eigenvalue weighted by Gasteiger charge is 2.45. The summed E-state index contributed by atoms with van der Waals surface area (Å²) in [5.41, 5.74) is 3.65. The van der Waals surface area contributed by atoms with Crippen LogP contribution in [0, 0.1) is 16.9 Å². The van der Waals surface area contributed by atoms with Crippen molar-refractivity contribution in [3.05, 3.63) is 23.4 Å². The first kappa shape index (κ1) is 14.1. The fraction of sp³-hybridized carbons (Fsp3) is 0.467. The summed E-state index contributed by atoms with van der Waals surface area (Å²) >= 11 is 0. The molecule has 1 spiro atoms. The van der Waals surface area contributed by atoms with Gasteiger partial charge in [0.2, 0.25) is 0 Å². The number of carboxylic acids is 1. The minimum atomic E-state index is -0.969. The monoisotopic (exact) mass is 299 g/mol. The van der Waals surface area contributed by atoms with Gasteiger partial charge in [-0.2, -0.15) is 0 Å². The van der Waals surface area contributed by atoms with Gasteiger partial charge in [0.1, 0.15) is 21.6 Å². The molecule has 0 unspecified atom stereocenters. The van der Waals surface area contributed by atoms with E-state index >= 15 is 0 Å². The molecule has 107 valence electrons. The van der Waals surface area contributed by atoms with E-state index < -0.39 is 5.97 Å². The molecule has 0 aromatic carbocycles. The Balaban J connectivity index is 1.82. The van der Waals surface area contributed by atoms with Gasteiger partial charge in [-0.1, -0.05) is 5.92 Å². The zero-order valence-corrected chi connectivity index (χ0v) is 12.6. The summed E-state index contributed by atoms with van der Waals surface area (Å²) in [6, 6.07) is 1.58. The van der Waals surface area contributed by atoms with Crippen LogP contribution in [0.4, 0.5) is 5.82 Å². The van der Waals surface area contributed by atoms with E-state index in [4.69, 9.17) is 4.74 Å². The van der Waals surface area contributed by atoms with Crippen molar-refractivity contribution in [2.75, 3.05) is 31.2 Å². The molecule has 0 aliphatic carbocycles. The van der Waals surface area contributed by atoms with Crippen LogP contribution in [0.3, 0.4) is 0 Å². The number of ether oxygens (including phenoxy) is 1. The highest BCUT2D eigenvalue weighted by atomic mass is 28.1. The van der Waals surface area contributed by atoms with Gasteiger partial charge >= 0.3 is 5.97 Å². The lowest BCUT2D eigenvalue weighted by Crippen LogP contribution is -2.59. The summed E-state index contributed by atoms with van der Waals surface area (Å²) < 4.78 is 5.40. The number of rotatable bonds is 2. The minimum absolute atomic E-state index is 0.212. The Bertz CT molecular complexity index is 622. The van der Waals surface area contributed by atoms with E-state index in [-0.39, 0.29) is 11.0 Å². The highest BCUT2D eigenvalue weighted by Crippen LogP contribution is 2.42. The van der Waals surface area contributed by atoms with Crippen LogP contribution in [0.25, 0.3) is 0 Å². The predicted octanol–water partition coefficient (Wildman–Crippen LogP) is 0.874. The van der Waals surface area contributed by atoms with E-state index in [1.54, 1.807) is 12.3 Å². The largest absolute Gasteiger partial charge is 0.478 e. The van der Waals surface area contributed by atoms with Crippen molar-refractivity contribution in [3.63, 3.8) is 0 Å². The maximum Gasteiger partial charge on any atom is 0.339 e. The molecule has 1 aromatic heterocycles. The van der Waals surface area contributed by atoms with Crippen LogP contribution in [0.5, 0.6) is 0 Å². The average Bonchev–Trinajstić information content (AvgIpc) is 2.46. The second-order valence-corrected chi connectivity index (χ2v) is 5.87. The maximum atomic E-state index is 11.4. The van der Waals surface area contributed by atoms with Crippen molar-refractivity contribution in [3.8, 4) is 11.5 Å². The lowest BCUT2D eigenvalue weighted by molar-refractivity contribution is -0.000567. The molecule has 2 saturated heterocycles. The van der Waals surface area contributed by atoms with E-state index in [1.807, 2.05) is 4.90 Å². The summed E-state index contributed by atoms with van der Waals surface area (Å²) in [6.45, 7) is 3.30. The molecule has 3 heterocycles. The fourth-order valence-electron chi connectivity index (χ4n) is 3.04. The third kappa shape index (κ3) is 2.67. The third-order valence-electron chi connectivity index (χ3n) is 4.21. The Morgan fingerprint density at radius 1 is 1.43 bits per heavy atom. The number of hydrogen-bond acceptors (Lipinski definition) is 4. The third-order valence-corrected chi connectivity index (χ3v) is 4.33. The highest BCUT2D eigenvalue weighted by molar-refractivity contribution is 6.22. The molecule has 21 heavy (non-hydrogen) atoms. The standard InChI is InChI=1S/C15H15N2O3Si/c18-14(19)12-7-11(1-6-21)8-16-13(12)17-9-15(10-17)2-4-20-5-3-15/h7-8H,2-5,9-10H2,(H,18,19). The van der Waals surface area contributed by atoms with Gasteiger partial charge in [-0.05, 0) is 18.9 Å². The smallest absolute Gasteiger partial charge is 0.339 e. The summed E-state index contributed by atoms with van der Waals surface area (Å²) in [5, 5.41) is 9.38. The van der Waals surface area contributed by atoms with Crippen LogP contribution in [-0.4, -0.2) is 52.6 Å². The van der Waals surface area contributed by atoms with Gasteiger partial charge in [0.05, 0.1) is 0 Å². The van der Waals surface area contributed by atoms with E-state index in [1.165, 1.54) is 0 Å². The maximum absolute atomic E-state index is 11.4. The molecule has 6 heteroatoms. The molecule has 0 bridgehead atoms. The van der Waals surface area contributed by atoms with Gasteiger partial charge in [-0.3, -0.25) is 0 Å². The van der Waals surface area contributed by atoms with Crippen LogP contribution in [-0.2, 0) is 4.74 Å². The van der Waals surface area contributed by atoms with Gasteiger partial charge in [0.15, 0.2) is 0 Å². The zero-order valence-electron chi connectivity index (χ0n) is 11.6. The first-order valence-electron chi connectivity index (χ1n) is 6.87. The summed E-state index contributed by atoms with van der Waals surface area (Å²) in [6.07, 6.45) is 3.70. The lowest BCUT2D eigenvalue weighted by Gasteiger charge is -2.52. The number of hydrogen-bond donors (Lipinski definition) is 1. The van der Waals surface area contributed by atoms with E-state index in [2.05, 4.69) is 26.7 Å². The Morgan fingerprint density at radius 3 is 2.76 bits per heavy atom. The number of carboxylic acid groups (broad SMARTS) is 1. The first-order chi connectivity index (χ1) is 10.1. The molecule has 1 aromatic rings. The molecule has 1 N–H and O–H groups in total. The average molecular weight is 299 g/mol. The first-order valence-corrected chi connectivity index (χ1v) is 7.37. The Kier molecular flexibility index (Phi) is 3.70. The molecule has 2 aliphatic rings. The number of carbonyl (C=O) groups is 1. The van der Waals surface area contributed by atoms with Crippen LogP contribution in [0.15, 0.2) is 12.3 Å². The van der Waals surface area contributed by atoms with Crippen molar-refractivity contribution in [1.29, 1.82) is 0 Å². The molecule has 0 saturated carbocycles. The molecule has 3 radical (unpaired) electrons. The number of pyridine rings is 1. The van der Waals surface area contributed by atoms with E-state index in [0.717, 1.165) is 39.1 Å². The molecule has 5 nitrogen and oxygen atoms in total. The van der Waals surface area contributed by atoms with Crippen LogP contribution < -0.4 is 4.90 Å². The van der Waals surface area contributed by atoms with Gasteiger partial charge in [-0.25, -0.2) is 9.78 Å². The topological polar surface area (TPSA) is 62.7 Å². The molecule has 0 amide bonds. The van der Waals surface area contributed by atoms with Crippen molar-refractivity contribution in [2.24, 2.45) is 5.41 Å². The van der Waals surface area contributed by atoms with Crippen molar-refractivity contribution in [1.82, 2.24) is 4.98 Å². The predicted molar refractivity (Wildman–Crippen MR) is 78.5 cm³/mol. The van der Waals surface area contributed by atoms with Gasteiger partial charge in [0.25, 0.3) is 0 Å². The Labute approximate surface area is 126 Å². The minimum Gasteiger partial charge on any atom is -0.478 e. The second kappa shape index (κ2) is 5.51. The summed E-state index contributed by atoms with van der Waals surface area (Å²) in [7, 11) is 3.06. The number of anilines is 1. The SMILES string of the molecule is O=C(O)c1cc(C#C[Si])cnc1N1CC2(CCOCC2)C1. The Morgan fingerprint density at radius 2 is 2.14 bits per heavy atom. The number of aromatic carboxylic acids is 1. The van der Waals surface area contributed by atoms with Gasteiger partial charge < -0.3 is 14.7 Å². The second-order valence-electron chi connectivity index (χ2n) is 5.62. The normalized spacial score (nSPS) is 19.6. The Hall–Kier alpha value is -1.84. The van der Waals surface area contributed by atoms with Crippen molar-refractivity contribution in [2.45, 2.75) is 12.8 Å². The number of nitrogens with zero attached hydrogens (tertiary/aromatic N) is 2. The fourth-order valence-corrected chi connectivity index (χ4v) is 3.19. The molecular formula is C15H15N2O3Si. The molecule has 2 aliphatic heterocycles. The quantitative estimate of drug-likeness (QED) is 0.649. The molecular weight excluding hydrogens is 284 g/mol. The van der Waals surface area contributed by atoms with Gasteiger partial charge in [0, 0.05) is 43.5 Å². The zero-order chi connectivity index (χ0) is 14.9. The summed E-state index contributed by atoms with van der Waals surface area (Å²) in [5.74, 6) is 2.34. The van der Waals surface area contributed by atoms with Crippen LogP contribution in [0.2, 0.25) is 0 Å². The lowest BCUT2D eigenvalue weighted by atomic mass is 9.73. The van der Waals surface area contributed by atoms with Crippen LogP contribution >= 0.6 is 0 Å². The van der Waals surface area contributed by atoms with Crippen LogP contribution in [0.1, 0.15) is 28.8 Å².